The third-order valence-corrected chi connectivity index (χ3v) is 12.6. The molecule has 0 spiro atoms. The van der Waals surface area contributed by atoms with E-state index < -0.39 is 0 Å². The molecule has 0 nitrogen and oxygen atoms in total. The van der Waals surface area contributed by atoms with Gasteiger partial charge in [0.2, 0.25) is 0 Å². The molecule has 0 N–H and O–H groups in total. The molecule has 0 saturated heterocycles. The number of benzene rings is 5. The molecule has 304 valence electrons. The first-order valence-corrected chi connectivity index (χ1v) is 22.6. The van der Waals surface area contributed by atoms with Crippen LogP contribution < -0.4 is 0 Å². The maximum atomic E-state index is 2.49. The van der Waals surface area contributed by atoms with E-state index in [9.17, 15) is 0 Å². The van der Waals surface area contributed by atoms with Gasteiger partial charge in [-0.2, -0.15) is 0 Å². The maximum absolute atomic E-state index is 2.49. The largest absolute Gasteiger partial charge is 0.0839 e. The summed E-state index contributed by atoms with van der Waals surface area (Å²) >= 11 is 0. The number of aryl methyl sites for hydroxylation is 3. The fraction of sp³-hybridized carbons (Fsp3) is 0.379. The summed E-state index contributed by atoms with van der Waals surface area (Å²) in [5, 5.41) is 0. The van der Waals surface area contributed by atoms with Gasteiger partial charge in [0.15, 0.2) is 0 Å². The van der Waals surface area contributed by atoms with E-state index in [1.54, 1.807) is 5.57 Å². The number of rotatable bonds is 6. The van der Waals surface area contributed by atoms with Crippen molar-refractivity contribution in [2.75, 3.05) is 0 Å². The molecule has 0 aliphatic heterocycles. The first-order valence-electron chi connectivity index (χ1n) is 22.6. The molecule has 0 aromatic heterocycles. The normalized spacial score (nSPS) is 16.1. The summed E-state index contributed by atoms with van der Waals surface area (Å²) in [6, 6.07) is 34.3. The van der Waals surface area contributed by atoms with Gasteiger partial charge in [0.1, 0.15) is 0 Å². The second-order valence-electron chi connectivity index (χ2n) is 17.0. The number of hydrogen-bond acceptors (Lipinski definition) is 0. The molecule has 0 heterocycles. The minimum Gasteiger partial charge on any atom is -0.0839 e. The summed E-state index contributed by atoms with van der Waals surface area (Å²) in [4.78, 5) is 0. The molecule has 0 radical (unpaired) electrons. The van der Waals surface area contributed by atoms with Gasteiger partial charge in [-0.25, -0.2) is 0 Å². The van der Waals surface area contributed by atoms with Gasteiger partial charge in [0.25, 0.3) is 0 Å². The summed E-state index contributed by atoms with van der Waals surface area (Å²) in [6.45, 7) is 28.9. The van der Waals surface area contributed by atoms with Crippen LogP contribution in [0.2, 0.25) is 0 Å². The highest BCUT2D eigenvalue weighted by Crippen LogP contribution is 2.52. The second-order valence-corrected chi connectivity index (χ2v) is 17.0. The fourth-order valence-corrected chi connectivity index (χ4v) is 9.63. The van der Waals surface area contributed by atoms with Crippen LogP contribution >= 0.6 is 0 Å². The van der Waals surface area contributed by atoms with Crippen LogP contribution in [0.3, 0.4) is 0 Å². The lowest BCUT2D eigenvalue weighted by atomic mass is 9.80. The predicted octanol–water partition coefficient (Wildman–Crippen LogP) is 17.7. The van der Waals surface area contributed by atoms with E-state index >= 15 is 0 Å². The Morgan fingerprint density at radius 1 is 0.621 bits per heavy atom. The van der Waals surface area contributed by atoms with Crippen molar-refractivity contribution in [3.8, 4) is 33.4 Å². The molecule has 0 fully saturated rings. The van der Waals surface area contributed by atoms with Crippen LogP contribution in [-0.2, 0) is 5.41 Å². The lowest BCUT2D eigenvalue weighted by Crippen LogP contribution is -2.15. The van der Waals surface area contributed by atoms with Crippen LogP contribution in [0.4, 0.5) is 0 Å². The number of fused-ring (bicyclic) bond motifs is 3. The van der Waals surface area contributed by atoms with Gasteiger partial charge in [-0.15, -0.1) is 0 Å². The Hall–Kier alpha value is -4.68. The van der Waals surface area contributed by atoms with Crippen LogP contribution in [-0.4, -0.2) is 0 Å². The van der Waals surface area contributed by atoms with E-state index in [-0.39, 0.29) is 5.41 Å². The Labute approximate surface area is 354 Å². The molecule has 0 heteroatoms. The molecule has 0 amide bonds. The van der Waals surface area contributed by atoms with Crippen LogP contribution in [0.15, 0.2) is 115 Å². The Balaban J connectivity index is 0.000000516. The summed E-state index contributed by atoms with van der Waals surface area (Å²) in [6.07, 6.45) is 15.6. The van der Waals surface area contributed by atoms with E-state index in [4.69, 9.17) is 0 Å². The van der Waals surface area contributed by atoms with Crippen LogP contribution in [0, 0.1) is 40.5 Å². The fourth-order valence-electron chi connectivity index (χ4n) is 9.63. The van der Waals surface area contributed by atoms with E-state index in [0.29, 0.717) is 0 Å². The van der Waals surface area contributed by atoms with Crippen molar-refractivity contribution in [1.29, 1.82) is 0 Å². The van der Waals surface area contributed by atoms with Gasteiger partial charge in [-0.1, -0.05) is 171 Å². The monoisotopic (exact) mass is 769 g/mol. The van der Waals surface area contributed by atoms with Gasteiger partial charge in [-0.3, -0.25) is 0 Å². The Morgan fingerprint density at radius 2 is 1.26 bits per heavy atom. The van der Waals surface area contributed by atoms with E-state index in [2.05, 4.69) is 153 Å². The standard InChI is InChI=1S/C47H52.C7H8.2C2H6/c1-9-13-34-15-10-11-17-41(34)40-24-25-43-46(33(40)6)42-23-20-36(28-44(42)47(43,7)8)35-19-22-38(31(4)27-35)45-30(3)18-21-39(32(45)5)37-16-12-14-29(2)26-37;1-7-5-3-2-4-6-7;2*1-2/h10,15-16,18-25,27-29H,9,11-14,17,26H2,1-8H3;2-6H,1H3;2*1-2H3. The van der Waals surface area contributed by atoms with Crippen molar-refractivity contribution >= 4 is 11.1 Å². The van der Waals surface area contributed by atoms with Crippen molar-refractivity contribution in [2.45, 2.75) is 140 Å². The molecular weight excluding hydrogens is 697 g/mol. The molecule has 5 aromatic rings. The van der Waals surface area contributed by atoms with E-state index in [0.717, 1.165) is 25.2 Å². The maximum Gasteiger partial charge on any atom is 0.0159 e. The van der Waals surface area contributed by atoms with Gasteiger partial charge in [0, 0.05) is 5.41 Å². The van der Waals surface area contributed by atoms with Crippen molar-refractivity contribution in [2.24, 2.45) is 5.92 Å². The second kappa shape index (κ2) is 19.8. The van der Waals surface area contributed by atoms with Gasteiger partial charge in [-0.05, 0) is 180 Å². The molecular formula is C58H72. The highest BCUT2D eigenvalue weighted by atomic mass is 14.4. The third-order valence-electron chi connectivity index (χ3n) is 12.6. The van der Waals surface area contributed by atoms with Gasteiger partial charge >= 0.3 is 0 Å². The lowest BCUT2D eigenvalue weighted by molar-refractivity contribution is 0.536. The van der Waals surface area contributed by atoms with Crippen molar-refractivity contribution < 1.29 is 0 Å². The molecule has 3 aliphatic carbocycles. The molecule has 58 heavy (non-hydrogen) atoms. The van der Waals surface area contributed by atoms with Crippen molar-refractivity contribution in [3.05, 3.63) is 165 Å². The predicted molar refractivity (Wildman–Crippen MR) is 259 cm³/mol. The molecule has 5 aromatic carbocycles. The quantitative estimate of drug-likeness (QED) is 0.161. The number of allylic oxidation sites excluding steroid dienone is 6. The molecule has 1 atom stereocenters. The topological polar surface area (TPSA) is 0 Å². The summed E-state index contributed by atoms with van der Waals surface area (Å²) < 4.78 is 0. The minimum atomic E-state index is -0.0357. The Morgan fingerprint density at radius 3 is 1.90 bits per heavy atom. The molecule has 0 bridgehead atoms. The zero-order valence-corrected chi connectivity index (χ0v) is 38.4. The highest BCUT2D eigenvalue weighted by Gasteiger charge is 2.37. The summed E-state index contributed by atoms with van der Waals surface area (Å²) in [5.74, 6) is 0.765. The minimum absolute atomic E-state index is 0.0357. The SMILES string of the molecule is CC.CC.CCCC1=C(c2ccc3c(c2C)-c2ccc(-c4ccc(-c5c(C)ccc(C6=CCCC(C)C6)c5C)c(C)c4)cc2C3(C)C)CCC=C1.Cc1ccccc1. The third kappa shape index (κ3) is 9.13. The zero-order chi connectivity index (χ0) is 42.1. The smallest absolute Gasteiger partial charge is 0.0159 e. The van der Waals surface area contributed by atoms with Crippen molar-refractivity contribution in [3.63, 3.8) is 0 Å². The average Bonchev–Trinajstić information content (AvgIpc) is 3.47. The molecule has 3 aliphatic rings. The van der Waals surface area contributed by atoms with E-state index in [1.807, 2.05) is 45.9 Å². The Bertz CT molecular complexity index is 2280. The van der Waals surface area contributed by atoms with Gasteiger partial charge < -0.3 is 0 Å². The van der Waals surface area contributed by atoms with Crippen LogP contribution in [0.25, 0.3) is 44.5 Å². The number of hydrogen-bond donors (Lipinski definition) is 0. The molecule has 1 unspecified atom stereocenters. The Kier molecular flexibility index (Phi) is 15.2. The molecule has 0 saturated carbocycles. The average molecular weight is 769 g/mol. The lowest BCUT2D eigenvalue weighted by Gasteiger charge is -2.24. The first kappa shape index (κ1) is 44.4. The first-order chi connectivity index (χ1) is 28.0. The molecule has 8 rings (SSSR count). The van der Waals surface area contributed by atoms with Gasteiger partial charge in [0.05, 0.1) is 0 Å². The zero-order valence-electron chi connectivity index (χ0n) is 38.4. The highest BCUT2D eigenvalue weighted by molar-refractivity contribution is 5.90. The summed E-state index contributed by atoms with van der Waals surface area (Å²) in [5.41, 5.74) is 25.6. The summed E-state index contributed by atoms with van der Waals surface area (Å²) in [7, 11) is 0. The van der Waals surface area contributed by atoms with E-state index in [1.165, 1.54) is 120 Å². The van der Waals surface area contributed by atoms with Crippen LogP contribution in [0.1, 0.15) is 150 Å². The van der Waals surface area contributed by atoms with Crippen molar-refractivity contribution in [1.82, 2.24) is 0 Å². The van der Waals surface area contributed by atoms with Crippen LogP contribution in [0.5, 0.6) is 0 Å².